The van der Waals surface area contributed by atoms with Crippen LogP contribution in [0.3, 0.4) is 0 Å². The number of methoxy groups -OCH3 is 2. The van der Waals surface area contributed by atoms with Gasteiger partial charge in [0.05, 0.1) is 19.1 Å². The predicted molar refractivity (Wildman–Crippen MR) is 105 cm³/mol. The van der Waals surface area contributed by atoms with Crippen LogP contribution in [0.4, 0.5) is 0 Å². The van der Waals surface area contributed by atoms with E-state index in [-0.39, 0.29) is 17.5 Å². The molecule has 0 radical (unpaired) electrons. The minimum Gasteiger partial charge on any atom is -0.493 e. The number of hydrogen-bond acceptors (Lipinski definition) is 5. The molecular formula is C19H23ClN2O4S. The van der Waals surface area contributed by atoms with Crippen molar-refractivity contribution in [2.24, 2.45) is 0 Å². The lowest BCUT2D eigenvalue weighted by atomic mass is 9.92. The van der Waals surface area contributed by atoms with E-state index < -0.39 is 10.0 Å². The highest BCUT2D eigenvalue weighted by atomic mass is 35.5. The summed E-state index contributed by atoms with van der Waals surface area (Å²) in [6.07, 6.45) is 0.868. The smallest absolute Gasteiger partial charge is 0.240 e. The normalized spacial score (nSPS) is 17.4. The summed E-state index contributed by atoms with van der Waals surface area (Å²) in [5.74, 6) is 1.32. The molecule has 0 aliphatic carbocycles. The van der Waals surface area contributed by atoms with Gasteiger partial charge in [-0.2, -0.15) is 0 Å². The molecule has 1 N–H and O–H groups in total. The van der Waals surface area contributed by atoms with Crippen LogP contribution < -0.4 is 14.2 Å². The van der Waals surface area contributed by atoms with Gasteiger partial charge in [0.1, 0.15) is 0 Å². The predicted octanol–water partition coefficient (Wildman–Crippen LogP) is 2.86. The standard InChI is InChI=1S/C19H23ClN2O4S/c1-22-9-8-13-10-18(25-2)19(26-3)11-16(13)17(22)12-21-27(23,24)15-6-4-14(20)5-7-15/h4-7,10-11,17,21H,8-9,12H2,1-3H3/t17-/m0/s1. The van der Waals surface area contributed by atoms with Crippen molar-refractivity contribution in [1.82, 2.24) is 9.62 Å². The molecule has 0 unspecified atom stereocenters. The van der Waals surface area contributed by atoms with Crippen LogP contribution in [0.1, 0.15) is 17.2 Å². The van der Waals surface area contributed by atoms with Crippen LogP contribution in [0.25, 0.3) is 0 Å². The highest BCUT2D eigenvalue weighted by Crippen LogP contribution is 2.37. The maximum atomic E-state index is 12.6. The Balaban J connectivity index is 1.86. The lowest BCUT2D eigenvalue weighted by Crippen LogP contribution is -2.40. The Bertz CT molecular complexity index is 916. The largest absolute Gasteiger partial charge is 0.493 e. The Morgan fingerprint density at radius 3 is 2.41 bits per heavy atom. The minimum atomic E-state index is -3.62. The summed E-state index contributed by atoms with van der Waals surface area (Å²) >= 11 is 5.85. The number of benzene rings is 2. The van der Waals surface area contributed by atoms with Gasteiger partial charge in [0.15, 0.2) is 11.5 Å². The zero-order valence-electron chi connectivity index (χ0n) is 15.5. The van der Waals surface area contributed by atoms with Crippen LogP contribution in [0.15, 0.2) is 41.3 Å². The van der Waals surface area contributed by atoms with Crippen molar-refractivity contribution in [1.29, 1.82) is 0 Å². The fourth-order valence-electron chi connectivity index (χ4n) is 3.31. The molecule has 0 amide bonds. The van der Waals surface area contributed by atoms with E-state index in [0.29, 0.717) is 16.5 Å². The number of likely N-dealkylation sites (N-methyl/N-ethyl adjacent to an activating group) is 1. The summed E-state index contributed by atoms with van der Waals surface area (Å²) in [4.78, 5) is 2.33. The molecule has 0 saturated heterocycles. The first-order chi connectivity index (χ1) is 12.9. The van der Waals surface area contributed by atoms with Gasteiger partial charge in [-0.3, -0.25) is 4.90 Å². The fourth-order valence-corrected chi connectivity index (χ4v) is 4.47. The average molecular weight is 411 g/mol. The van der Waals surface area contributed by atoms with Crippen molar-refractivity contribution in [3.8, 4) is 11.5 Å². The molecule has 1 aliphatic heterocycles. The molecule has 0 fully saturated rings. The first kappa shape index (κ1) is 19.9. The van der Waals surface area contributed by atoms with E-state index in [1.807, 2.05) is 19.2 Å². The maximum Gasteiger partial charge on any atom is 0.240 e. The van der Waals surface area contributed by atoms with Crippen LogP contribution in [-0.4, -0.2) is 47.7 Å². The molecule has 0 saturated carbocycles. The van der Waals surface area contributed by atoms with Crippen molar-refractivity contribution in [3.05, 3.63) is 52.5 Å². The monoisotopic (exact) mass is 410 g/mol. The molecule has 6 nitrogen and oxygen atoms in total. The molecule has 1 atom stereocenters. The summed E-state index contributed by atoms with van der Waals surface area (Å²) in [5, 5.41) is 0.496. The van der Waals surface area contributed by atoms with Gasteiger partial charge >= 0.3 is 0 Å². The van der Waals surface area contributed by atoms with Crippen molar-refractivity contribution >= 4 is 21.6 Å². The number of halogens is 1. The summed E-state index contributed by atoms with van der Waals surface area (Å²) in [5.41, 5.74) is 2.18. The number of fused-ring (bicyclic) bond motifs is 1. The van der Waals surface area contributed by atoms with E-state index in [4.69, 9.17) is 21.1 Å². The Labute approximate surface area is 165 Å². The van der Waals surface area contributed by atoms with Gasteiger partial charge in [0.25, 0.3) is 0 Å². The van der Waals surface area contributed by atoms with Crippen molar-refractivity contribution in [3.63, 3.8) is 0 Å². The number of hydrogen-bond donors (Lipinski definition) is 1. The summed E-state index contributed by atoms with van der Waals surface area (Å²) in [6.45, 7) is 1.08. The molecule has 0 aromatic heterocycles. The molecule has 27 heavy (non-hydrogen) atoms. The number of nitrogens with one attached hydrogen (secondary N) is 1. The van der Waals surface area contributed by atoms with Gasteiger partial charge in [-0.25, -0.2) is 13.1 Å². The molecule has 1 aliphatic rings. The zero-order valence-corrected chi connectivity index (χ0v) is 17.1. The molecule has 0 bridgehead atoms. The van der Waals surface area contributed by atoms with Crippen LogP contribution in [-0.2, 0) is 16.4 Å². The highest BCUT2D eigenvalue weighted by Gasteiger charge is 2.28. The number of ether oxygens (including phenoxy) is 2. The molecular weight excluding hydrogens is 388 g/mol. The SMILES string of the molecule is COc1cc2c(cc1OC)[C@H](CNS(=O)(=O)c1ccc(Cl)cc1)N(C)CC2. The Kier molecular flexibility index (Phi) is 5.95. The van der Waals surface area contributed by atoms with Gasteiger partial charge in [0.2, 0.25) is 10.0 Å². The van der Waals surface area contributed by atoms with Crippen LogP contribution in [0.5, 0.6) is 11.5 Å². The molecule has 0 spiro atoms. The second kappa shape index (κ2) is 8.06. The quantitative estimate of drug-likeness (QED) is 0.793. The number of rotatable bonds is 6. The zero-order chi connectivity index (χ0) is 19.6. The summed E-state index contributed by atoms with van der Waals surface area (Å²) < 4.78 is 38.7. The maximum absolute atomic E-state index is 12.6. The van der Waals surface area contributed by atoms with E-state index in [1.165, 1.54) is 12.1 Å². The van der Waals surface area contributed by atoms with Gasteiger partial charge in [0, 0.05) is 24.2 Å². The lowest BCUT2D eigenvalue weighted by molar-refractivity contribution is 0.230. The van der Waals surface area contributed by atoms with Crippen LogP contribution >= 0.6 is 11.6 Å². The molecule has 2 aromatic carbocycles. The van der Waals surface area contributed by atoms with Crippen LogP contribution in [0, 0.1) is 0 Å². The van der Waals surface area contributed by atoms with Crippen molar-refractivity contribution in [2.75, 3.05) is 34.4 Å². The van der Waals surface area contributed by atoms with Gasteiger partial charge < -0.3 is 9.47 Å². The fraction of sp³-hybridized carbons (Fsp3) is 0.368. The van der Waals surface area contributed by atoms with E-state index in [2.05, 4.69) is 9.62 Å². The third kappa shape index (κ3) is 4.21. The van der Waals surface area contributed by atoms with Gasteiger partial charge in [-0.05, 0) is 61.0 Å². The first-order valence-electron chi connectivity index (χ1n) is 8.56. The van der Waals surface area contributed by atoms with Gasteiger partial charge in [-0.15, -0.1) is 0 Å². The van der Waals surface area contributed by atoms with E-state index in [9.17, 15) is 8.42 Å². The Hall–Kier alpha value is -1.80. The van der Waals surface area contributed by atoms with E-state index >= 15 is 0 Å². The average Bonchev–Trinajstić information content (AvgIpc) is 2.66. The molecule has 2 aromatic rings. The topological polar surface area (TPSA) is 67.9 Å². The Morgan fingerprint density at radius 2 is 1.78 bits per heavy atom. The number of nitrogens with zero attached hydrogens (tertiary/aromatic N) is 1. The lowest BCUT2D eigenvalue weighted by Gasteiger charge is -2.35. The second-order valence-corrected chi connectivity index (χ2v) is 8.66. The third-order valence-corrected chi connectivity index (χ3v) is 6.55. The van der Waals surface area contributed by atoms with Crippen molar-refractivity contribution < 1.29 is 17.9 Å². The minimum absolute atomic E-state index is 0.101. The highest BCUT2D eigenvalue weighted by molar-refractivity contribution is 7.89. The van der Waals surface area contributed by atoms with Crippen molar-refractivity contribution in [2.45, 2.75) is 17.4 Å². The van der Waals surface area contributed by atoms with Gasteiger partial charge in [-0.1, -0.05) is 11.6 Å². The van der Waals surface area contributed by atoms with Crippen LogP contribution in [0.2, 0.25) is 5.02 Å². The second-order valence-electron chi connectivity index (χ2n) is 6.46. The molecule has 3 rings (SSSR count). The van der Waals surface area contributed by atoms with E-state index in [0.717, 1.165) is 24.1 Å². The molecule has 1 heterocycles. The Morgan fingerprint density at radius 1 is 1.15 bits per heavy atom. The third-order valence-electron chi connectivity index (χ3n) is 4.86. The number of sulfonamides is 1. The molecule has 8 heteroatoms. The van der Waals surface area contributed by atoms with E-state index in [1.54, 1.807) is 26.4 Å². The summed E-state index contributed by atoms with van der Waals surface area (Å²) in [7, 11) is 1.57. The first-order valence-corrected chi connectivity index (χ1v) is 10.4. The molecule has 146 valence electrons. The summed E-state index contributed by atoms with van der Waals surface area (Å²) in [6, 6.07) is 9.93.